The Labute approximate surface area is 211 Å². The molecule has 4 N–H and O–H groups in total. The number of nitrogens with one attached hydrogen (secondary N) is 2. The molecule has 3 amide bonds. The van der Waals surface area contributed by atoms with Gasteiger partial charge in [-0.3, -0.25) is 19.2 Å². The molecule has 1 aromatic heterocycles. The molecule has 0 unspecified atom stereocenters. The Kier molecular flexibility index (Phi) is 8.95. The number of alkyl halides is 3. The van der Waals surface area contributed by atoms with Crippen LogP contribution in [0, 0.1) is 11.8 Å². The number of amides is 3. The molecule has 202 valence electrons. The normalized spacial score (nSPS) is 17.6. The van der Waals surface area contributed by atoms with Gasteiger partial charge in [-0.1, -0.05) is 32.0 Å². The van der Waals surface area contributed by atoms with Crippen LogP contribution < -0.4 is 16.4 Å². The molecular weight excluding hydrogens is 493 g/mol. The minimum atomic E-state index is -4.62. The van der Waals surface area contributed by atoms with Crippen molar-refractivity contribution in [2.24, 2.45) is 17.6 Å². The van der Waals surface area contributed by atoms with Crippen LogP contribution in [0.1, 0.15) is 49.6 Å². The number of carbonyl (C=O) groups is 4. The molecule has 9 nitrogen and oxygen atoms in total. The molecule has 2 heterocycles. The van der Waals surface area contributed by atoms with Crippen LogP contribution in [0.2, 0.25) is 0 Å². The third-order valence-corrected chi connectivity index (χ3v) is 6.21. The van der Waals surface area contributed by atoms with Gasteiger partial charge in [-0.25, -0.2) is 0 Å². The van der Waals surface area contributed by atoms with E-state index in [0.717, 1.165) is 0 Å². The van der Waals surface area contributed by atoms with Crippen LogP contribution in [0.4, 0.5) is 13.2 Å². The van der Waals surface area contributed by atoms with E-state index in [9.17, 15) is 32.3 Å². The van der Waals surface area contributed by atoms with Gasteiger partial charge in [-0.2, -0.15) is 13.2 Å². The number of halogens is 3. The van der Waals surface area contributed by atoms with E-state index in [-0.39, 0.29) is 30.4 Å². The van der Waals surface area contributed by atoms with Crippen molar-refractivity contribution in [3.05, 3.63) is 36.0 Å². The van der Waals surface area contributed by atoms with Gasteiger partial charge in [0.25, 0.3) is 5.91 Å². The largest absolute Gasteiger partial charge is 0.411 e. The topological polar surface area (TPSA) is 133 Å². The summed E-state index contributed by atoms with van der Waals surface area (Å²) in [6, 6.07) is 6.39. The van der Waals surface area contributed by atoms with Crippen molar-refractivity contribution < 1.29 is 37.1 Å². The number of hydrogen-bond donors (Lipinski definition) is 3. The molecule has 1 saturated heterocycles. The van der Waals surface area contributed by atoms with Gasteiger partial charge in [-0.15, -0.1) is 0 Å². The maximum atomic E-state index is 13.6. The summed E-state index contributed by atoms with van der Waals surface area (Å²) in [6.45, 7) is 1.66. The lowest BCUT2D eigenvalue weighted by molar-refractivity contribution is -0.175. The van der Waals surface area contributed by atoms with Gasteiger partial charge < -0.3 is 25.7 Å². The summed E-state index contributed by atoms with van der Waals surface area (Å²) < 4.78 is 43.6. The fourth-order valence-corrected chi connectivity index (χ4v) is 4.54. The number of fused-ring (bicyclic) bond motifs is 1. The molecular formula is C25H31F3N4O5. The second-order valence-corrected chi connectivity index (χ2v) is 9.62. The van der Waals surface area contributed by atoms with Gasteiger partial charge >= 0.3 is 6.18 Å². The van der Waals surface area contributed by atoms with Crippen LogP contribution in [-0.2, 0) is 19.1 Å². The first-order valence-corrected chi connectivity index (χ1v) is 12.0. The average molecular weight is 525 g/mol. The lowest BCUT2D eigenvalue weighted by atomic mass is 9.95. The van der Waals surface area contributed by atoms with E-state index in [1.54, 1.807) is 30.3 Å². The SMILES string of the molecule is CC(C)C[C@@H](C(=O)N[C@@H](C[C@@H]1CCNC1=O)C(=O)COCC(F)(F)F)n1c(C(N)=O)cc2ccccc21. The summed E-state index contributed by atoms with van der Waals surface area (Å²) in [4.78, 5) is 50.9. The zero-order chi connectivity index (χ0) is 27.3. The Morgan fingerprint density at radius 3 is 2.54 bits per heavy atom. The summed E-state index contributed by atoms with van der Waals surface area (Å²) >= 11 is 0. The van der Waals surface area contributed by atoms with Crippen molar-refractivity contribution in [1.82, 2.24) is 15.2 Å². The molecule has 1 fully saturated rings. The first-order chi connectivity index (χ1) is 17.4. The van der Waals surface area contributed by atoms with Crippen LogP contribution in [0.15, 0.2) is 30.3 Å². The standard InChI is InChI=1S/C25H31F3N4O5/c1-14(2)9-20(32-18-6-4-3-5-15(18)11-19(32)22(29)34)24(36)31-17(10-16-7-8-30-23(16)35)21(33)12-37-13-25(26,27)28/h3-6,11,14,16-17,20H,7-10,12-13H2,1-2H3,(H2,29,34)(H,30,35)(H,31,36)/t16-,17-,20-/m0/s1. The molecule has 0 spiro atoms. The van der Waals surface area contributed by atoms with Crippen LogP contribution in [0.25, 0.3) is 10.9 Å². The van der Waals surface area contributed by atoms with E-state index in [4.69, 9.17) is 5.73 Å². The van der Waals surface area contributed by atoms with Crippen LogP contribution in [0.3, 0.4) is 0 Å². The Morgan fingerprint density at radius 1 is 1.24 bits per heavy atom. The fourth-order valence-electron chi connectivity index (χ4n) is 4.54. The van der Waals surface area contributed by atoms with Crippen molar-refractivity contribution in [3.8, 4) is 0 Å². The van der Waals surface area contributed by atoms with Crippen molar-refractivity contribution in [3.63, 3.8) is 0 Å². The maximum Gasteiger partial charge on any atom is 0.411 e. The Bertz CT molecular complexity index is 1160. The highest BCUT2D eigenvalue weighted by Gasteiger charge is 2.35. The number of ketones is 1. The number of aromatic nitrogens is 1. The van der Waals surface area contributed by atoms with E-state index in [2.05, 4.69) is 15.4 Å². The van der Waals surface area contributed by atoms with E-state index in [0.29, 0.717) is 23.9 Å². The molecule has 1 aromatic carbocycles. The molecule has 1 aliphatic rings. The first kappa shape index (κ1) is 28.2. The second kappa shape index (κ2) is 11.8. The third-order valence-electron chi connectivity index (χ3n) is 6.21. The molecule has 12 heteroatoms. The van der Waals surface area contributed by atoms with E-state index in [1.807, 2.05) is 13.8 Å². The van der Waals surface area contributed by atoms with E-state index < -0.39 is 55.0 Å². The average Bonchev–Trinajstić information content (AvgIpc) is 3.39. The highest BCUT2D eigenvalue weighted by Crippen LogP contribution is 2.29. The molecule has 3 atom stereocenters. The number of nitrogens with two attached hydrogens (primary N) is 1. The number of ether oxygens (including phenoxy) is 1. The number of rotatable bonds is 12. The van der Waals surface area contributed by atoms with Crippen molar-refractivity contribution in [2.45, 2.75) is 51.4 Å². The van der Waals surface area contributed by atoms with Crippen LogP contribution >= 0.6 is 0 Å². The molecule has 0 bridgehead atoms. The van der Waals surface area contributed by atoms with Gasteiger partial charge in [0.1, 0.15) is 24.9 Å². The third kappa shape index (κ3) is 7.31. The lowest BCUT2D eigenvalue weighted by Crippen LogP contribution is -2.47. The predicted octanol–water partition coefficient (Wildman–Crippen LogP) is 2.49. The van der Waals surface area contributed by atoms with Crippen LogP contribution in [0.5, 0.6) is 0 Å². The molecule has 37 heavy (non-hydrogen) atoms. The minimum absolute atomic E-state index is 0.0116. The predicted molar refractivity (Wildman–Crippen MR) is 128 cm³/mol. The monoisotopic (exact) mass is 524 g/mol. The van der Waals surface area contributed by atoms with Gasteiger partial charge in [0, 0.05) is 23.4 Å². The highest BCUT2D eigenvalue weighted by molar-refractivity contribution is 6.00. The van der Waals surface area contributed by atoms with Gasteiger partial charge in [-0.05, 0) is 37.3 Å². The van der Waals surface area contributed by atoms with Gasteiger partial charge in [0.2, 0.25) is 11.8 Å². The Hall–Kier alpha value is -3.41. The van der Waals surface area contributed by atoms with E-state index in [1.165, 1.54) is 4.57 Å². The van der Waals surface area contributed by atoms with Crippen molar-refractivity contribution >= 4 is 34.4 Å². The molecule has 2 aromatic rings. The quantitative estimate of drug-likeness (QED) is 0.393. The summed E-state index contributed by atoms with van der Waals surface area (Å²) in [7, 11) is 0. The van der Waals surface area contributed by atoms with Crippen molar-refractivity contribution in [2.75, 3.05) is 19.8 Å². The zero-order valence-electron chi connectivity index (χ0n) is 20.6. The Balaban J connectivity index is 1.91. The highest BCUT2D eigenvalue weighted by atomic mass is 19.4. The van der Waals surface area contributed by atoms with E-state index >= 15 is 0 Å². The smallest absolute Gasteiger partial charge is 0.364 e. The number of para-hydroxylation sites is 1. The summed E-state index contributed by atoms with van der Waals surface area (Å²) in [5, 5.41) is 5.97. The summed E-state index contributed by atoms with van der Waals surface area (Å²) in [5.41, 5.74) is 6.30. The number of nitrogens with zero attached hydrogens (tertiary/aromatic N) is 1. The number of hydrogen-bond acceptors (Lipinski definition) is 5. The Morgan fingerprint density at radius 2 is 1.95 bits per heavy atom. The summed E-state index contributed by atoms with van der Waals surface area (Å²) in [5.74, 6) is -3.04. The lowest BCUT2D eigenvalue weighted by Gasteiger charge is -2.27. The molecule has 0 saturated carbocycles. The van der Waals surface area contributed by atoms with Gasteiger partial charge in [0.05, 0.1) is 6.04 Å². The fraction of sp³-hybridized carbons (Fsp3) is 0.520. The number of primary amides is 1. The number of carbonyl (C=O) groups excluding carboxylic acids is 4. The summed E-state index contributed by atoms with van der Waals surface area (Å²) in [6.07, 6.45) is -4.01. The number of benzene rings is 1. The maximum absolute atomic E-state index is 13.6. The minimum Gasteiger partial charge on any atom is -0.364 e. The zero-order valence-corrected chi connectivity index (χ0v) is 20.6. The first-order valence-electron chi connectivity index (χ1n) is 12.0. The molecule has 3 rings (SSSR count). The number of Topliss-reactive ketones (excluding diaryl/α,β-unsaturated/α-hetero) is 1. The molecule has 1 aliphatic heterocycles. The molecule has 0 aliphatic carbocycles. The van der Waals surface area contributed by atoms with Crippen LogP contribution in [-0.4, -0.2) is 60.0 Å². The molecule has 0 radical (unpaired) electrons. The van der Waals surface area contributed by atoms with Gasteiger partial charge in [0.15, 0.2) is 5.78 Å². The second-order valence-electron chi connectivity index (χ2n) is 9.62. The van der Waals surface area contributed by atoms with Crippen molar-refractivity contribution in [1.29, 1.82) is 0 Å².